The van der Waals surface area contributed by atoms with Crippen LogP contribution in [-0.2, 0) is 0 Å². The SMILES string of the molecule is CC(C)CN1CC(N)C1.Cl. The van der Waals surface area contributed by atoms with E-state index >= 15 is 0 Å². The molecule has 2 N–H and O–H groups in total. The zero-order valence-electron chi connectivity index (χ0n) is 6.71. The monoisotopic (exact) mass is 164 g/mol. The van der Waals surface area contributed by atoms with E-state index in [-0.39, 0.29) is 12.4 Å². The predicted octanol–water partition coefficient (Wildman–Crippen LogP) is 0.707. The van der Waals surface area contributed by atoms with Crippen LogP contribution in [-0.4, -0.2) is 30.6 Å². The van der Waals surface area contributed by atoms with Crippen molar-refractivity contribution in [3.63, 3.8) is 0 Å². The summed E-state index contributed by atoms with van der Waals surface area (Å²) in [6.45, 7) is 7.91. The standard InChI is InChI=1S/C7H16N2.ClH/c1-6(2)3-9-4-7(8)5-9;/h6-7H,3-5,8H2,1-2H3;1H. The lowest BCUT2D eigenvalue weighted by Crippen LogP contribution is -2.56. The van der Waals surface area contributed by atoms with Crippen molar-refractivity contribution in [1.82, 2.24) is 4.90 Å². The minimum Gasteiger partial charge on any atom is -0.325 e. The number of hydrogen-bond acceptors (Lipinski definition) is 2. The maximum Gasteiger partial charge on any atom is 0.0297 e. The fourth-order valence-electron chi connectivity index (χ4n) is 1.28. The predicted molar refractivity (Wildman–Crippen MR) is 46.5 cm³/mol. The molecule has 2 nitrogen and oxygen atoms in total. The molecule has 0 unspecified atom stereocenters. The first kappa shape index (κ1) is 10.2. The lowest BCUT2D eigenvalue weighted by Gasteiger charge is -2.37. The van der Waals surface area contributed by atoms with Gasteiger partial charge in [-0.2, -0.15) is 0 Å². The summed E-state index contributed by atoms with van der Waals surface area (Å²) in [6.07, 6.45) is 0. The van der Waals surface area contributed by atoms with Gasteiger partial charge in [-0.25, -0.2) is 0 Å². The molecule has 1 heterocycles. The molecular weight excluding hydrogens is 148 g/mol. The summed E-state index contributed by atoms with van der Waals surface area (Å²) in [5.74, 6) is 0.789. The summed E-state index contributed by atoms with van der Waals surface area (Å²) in [7, 11) is 0. The van der Waals surface area contributed by atoms with E-state index in [4.69, 9.17) is 5.73 Å². The van der Waals surface area contributed by atoms with Crippen molar-refractivity contribution in [2.24, 2.45) is 11.7 Å². The van der Waals surface area contributed by atoms with E-state index in [0.717, 1.165) is 19.0 Å². The van der Waals surface area contributed by atoms with Gasteiger partial charge in [-0.05, 0) is 5.92 Å². The first-order valence-electron chi connectivity index (χ1n) is 3.66. The minimum atomic E-state index is 0. The van der Waals surface area contributed by atoms with Crippen LogP contribution in [0.2, 0.25) is 0 Å². The van der Waals surface area contributed by atoms with Crippen molar-refractivity contribution in [3.05, 3.63) is 0 Å². The van der Waals surface area contributed by atoms with Gasteiger partial charge in [-0.1, -0.05) is 13.8 Å². The molecule has 0 aromatic carbocycles. The first-order valence-corrected chi connectivity index (χ1v) is 3.66. The zero-order chi connectivity index (χ0) is 6.85. The number of nitrogens with two attached hydrogens (primary N) is 1. The Morgan fingerprint density at radius 1 is 1.50 bits per heavy atom. The molecule has 0 radical (unpaired) electrons. The Labute approximate surface area is 69.2 Å². The van der Waals surface area contributed by atoms with Gasteiger partial charge in [-0.3, -0.25) is 4.90 Å². The highest BCUT2D eigenvalue weighted by molar-refractivity contribution is 5.85. The third kappa shape index (κ3) is 2.86. The van der Waals surface area contributed by atoms with E-state index < -0.39 is 0 Å². The molecule has 1 fully saturated rings. The smallest absolute Gasteiger partial charge is 0.0297 e. The van der Waals surface area contributed by atoms with Gasteiger partial charge in [0.2, 0.25) is 0 Å². The minimum absolute atomic E-state index is 0. The molecule has 1 aliphatic rings. The highest BCUT2D eigenvalue weighted by Crippen LogP contribution is 2.07. The van der Waals surface area contributed by atoms with Gasteiger partial charge in [0.15, 0.2) is 0 Å². The quantitative estimate of drug-likeness (QED) is 0.652. The molecule has 0 bridgehead atoms. The number of hydrogen-bond donors (Lipinski definition) is 1. The molecule has 0 aromatic heterocycles. The van der Waals surface area contributed by atoms with E-state index in [1.54, 1.807) is 0 Å². The average Bonchev–Trinajstić information content (AvgIpc) is 1.60. The third-order valence-corrected chi connectivity index (χ3v) is 1.61. The van der Waals surface area contributed by atoms with E-state index in [9.17, 15) is 0 Å². The first-order chi connectivity index (χ1) is 4.18. The second kappa shape index (κ2) is 4.16. The van der Waals surface area contributed by atoms with Gasteiger partial charge in [0.05, 0.1) is 0 Å². The second-order valence-corrected chi connectivity index (χ2v) is 3.37. The Balaban J connectivity index is 0.000000810. The van der Waals surface area contributed by atoms with Crippen molar-refractivity contribution in [1.29, 1.82) is 0 Å². The summed E-state index contributed by atoms with van der Waals surface area (Å²) in [5.41, 5.74) is 5.60. The van der Waals surface area contributed by atoms with Crippen molar-refractivity contribution in [3.8, 4) is 0 Å². The molecule has 3 heteroatoms. The third-order valence-electron chi connectivity index (χ3n) is 1.61. The van der Waals surface area contributed by atoms with Crippen LogP contribution in [0.5, 0.6) is 0 Å². The van der Waals surface area contributed by atoms with Crippen molar-refractivity contribution < 1.29 is 0 Å². The fourth-order valence-corrected chi connectivity index (χ4v) is 1.28. The van der Waals surface area contributed by atoms with Crippen LogP contribution in [0.15, 0.2) is 0 Å². The van der Waals surface area contributed by atoms with Crippen LogP contribution in [0, 0.1) is 5.92 Å². The summed E-state index contributed by atoms with van der Waals surface area (Å²) < 4.78 is 0. The van der Waals surface area contributed by atoms with Gasteiger partial charge in [-0.15, -0.1) is 12.4 Å². The summed E-state index contributed by atoms with van der Waals surface area (Å²) >= 11 is 0. The number of rotatable bonds is 2. The van der Waals surface area contributed by atoms with Gasteiger partial charge in [0.1, 0.15) is 0 Å². The molecule has 0 atom stereocenters. The van der Waals surface area contributed by atoms with Crippen LogP contribution >= 0.6 is 12.4 Å². The van der Waals surface area contributed by atoms with E-state index in [2.05, 4.69) is 18.7 Å². The molecule has 10 heavy (non-hydrogen) atoms. The number of halogens is 1. The molecule has 0 aromatic rings. The molecule has 0 aliphatic carbocycles. The highest BCUT2D eigenvalue weighted by Gasteiger charge is 2.22. The van der Waals surface area contributed by atoms with Crippen molar-refractivity contribution in [2.75, 3.05) is 19.6 Å². The molecule has 1 saturated heterocycles. The molecule has 1 rings (SSSR count). The zero-order valence-corrected chi connectivity index (χ0v) is 7.53. The highest BCUT2D eigenvalue weighted by atomic mass is 35.5. The lowest BCUT2D eigenvalue weighted by atomic mass is 10.1. The largest absolute Gasteiger partial charge is 0.325 e. The van der Waals surface area contributed by atoms with Crippen LogP contribution in [0.3, 0.4) is 0 Å². The average molecular weight is 165 g/mol. The second-order valence-electron chi connectivity index (χ2n) is 3.37. The maximum absolute atomic E-state index is 5.60. The van der Waals surface area contributed by atoms with Gasteiger partial charge < -0.3 is 5.73 Å². The normalized spacial score (nSPS) is 20.4. The van der Waals surface area contributed by atoms with Crippen LogP contribution in [0.25, 0.3) is 0 Å². The van der Waals surface area contributed by atoms with E-state index in [1.807, 2.05) is 0 Å². The Morgan fingerprint density at radius 3 is 2.30 bits per heavy atom. The van der Waals surface area contributed by atoms with Crippen molar-refractivity contribution in [2.45, 2.75) is 19.9 Å². The maximum atomic E-state index is 5.60. The molecule has 0 amide bonds. The van der Waals surface area contributed by atoms with Gasteiger partial charge in [0.25, 0.3) is 0 Å². The van der Waals surface area contributed by atoms with E-state index in [1.165, 1.54) is 6.54 Å². The number of nitrogens with zero attached hydrogens (tertiary/aromatic N) is 1. The molecule has 0 spiro atoms. The summed E-state index contributed by atoms with van der Waals surface area (Å²) in [6, 6.07) is 0.462. The molecular formula is C7H17ClN2. The van der Waals surface area contributed by atoms with Crippen LogP contribution in [0.4, 0.5) is 0 Å². The molecule has 1 aliphatic heterocycles. The van der Waals surface area contributed by atoms with Gasteiger partial charge in [0, 0.05) is 25.7 Å². The number of likely N-dealkylation sites (tertiary alicyclic amines) is 1. The van der Waals surface area contributed by atoms with Crippen LogP contribution < -0.4 is 5.73 Å². The fraction of sp³-hybridized carbons (Fsp3) is 1.00. The Hall–Kier alpha value is 0.210. The summed E-state index contributed by atoms with van der Waals surface area (Å²) in [5, 5.41) is 0. The van der Waals surface area contributed by atoms with E-state index in [0.29, 0.717) is 6.04 Å². The van der Waals surface area contributed by atoms with Gasteiger partial charge >= 0.3 is 0 Å². The Kier molecular flexibility index (Phi) is 4.25. The van der Waals surface area contributed by atoms with Crippen molar-refractivity contribution >= 4 is 12.4 Å². The molecule has 0 saturated carbocycles. The Morgan fingerprint density at radius 2 is 2.00 bits per heavy atom. The van der Waals surface area contributed by atoms with Crippen LogP contribution in [0.1, 0.15) is 13.8 Å². The lowest BCUT2D eigenvalue weighted by molar-refractivity contribution is 0.134. The Bertz CT molecular complexity index is 89.6. The molecule has 62 valence electrons. The summed E-state index contributed by atoms with van der Waals surface area (Å²) in [4.78, 5) is 2.40. The topological polar surface area (TPSA) is 29.3 Å².